The quantitative estimate of drug-likeness (QED) is 0.567. The fraction of sp³-hybridized carbons (Fsp3) is 0.500. The van der Waals surface area contributed by atoms with Crippen molar-refractivity contribution in [3.05, 3.63) is 67.1 Å². The van der Waals surface area contributed by atoms with Crippen LogP contribution in [0.5, 0.6) is 0 Å². The van der Waals surface area contributed by atoms with Crippen molar-refractivity contribution in [2.45, 2.75) is 66.3 Å². The Morgan fingerprint density at radius 3 is 2.45 bits per heavy atom. The summed E-state index contributed by atoms with van der Waals surface area (Å²) < 4.78 is 5.16. The number of esters is 1. The molecule has 178 valence electrons. The molecule has 0 spiro atoms. The van der Waals surface area contributed by atoms with Crippen molar-refractivity contribution in [3.8, 4) is 0 Å². The molecule has 33 heavy (non-hydrogen) atoms. The standard InChI is InChI=1S/C26H33ClN2O4/c1-5-33-26(32)19-8-6-18(7-9-19)11-20-12-21(27)13-22(17(20)4)24(30)28-14-23-15(2)10-16(3)29-25(23)31/h10,12-13,18-19H,5-9,11,14H2,1-4H3,(H,28,30)(H,29,31)/t18-,19+. The van der Waals surface area contributed by atoms with E-state index in [1.165, 1.54) is 0 Å². The summed E-state index contributed by atoms with van der Waals surface area (Å²) in [5, 5.41) is 3.40. The Hall–Kier alpha value is -2.60. The third kappa shape index (κ3) is 6.26. The highest BCUT2D eigenvalue weighted by Gasteiger charge is 2.28. The molecule has 0 atom stereocenters. The number of amides is 1. The lowest BCUT2D eigenvalue weighted by Gasteiger charge is -2.28. The molecule has 6 nitrogen and oxygen atoms in total. The molecule has 0 unspecified atom stereocenters. The van der Waals surface area contributed by atoms with E-state index < -0.39 is 0 Å². The van der Waals surface area contributed by atoms with E-state index >= 15 is 0 Å². The number of pyridine rings is 1. The number of ether oxygens (including phenoxy) is 1. The number of H-pyrrole nitrogens is 1. The molecule has 1 aliphatic rings. The van der Waals surface area contributed by atoms with Gasteiger partial charge in [-0.05, 0) is 101 Å². The van der Waals surface area contributed by atoms with Crippen LogP contribution in [-0.4, -0.2) is 23.5 Å². The van der Waals surface area contributed by atoms with Crippen LogP contribution in [0.2, 0.25) is 5.02 Å². The number of aromatic amines is 1. The number of aromatic nitrogens is 1. The van der Waals surface area contributed by atoms with Gasteiger partial charge in [0.05, 0.1) is 12.5 Å². The van der Waals surface area contributed by atoms with Gasteiger partial charge in [-0.25, -0.2) is 0 Å². The van der Waals surface area contributed by atoms with E-state index in [4.69, 9.17) is 16.3 Å². The van der Waals surface area contributed by atoms with Crippen LogP contribution in [0.15, 0.2) is 23.0 Å². The molecule has 3 rings (SSSR count). The molecule has 1 aromatic heterocycles. The average Bonchev–Trinajstić information content (AvgIpc) is 2.75. The van der Waals surface area contributed by atoms with Crippen molar-refractivity contribution in [1.82, 2.24) is 10.3 Å². The van der Waals surface area contributed by atoms with Gasteiger partial charge in [-0.1, -0.05) is 11.6 Å². The van der Waals surface area contributed by atoms with E-state index in [0.29, 0.717) is 28.7 Å². The monoisotopic (exact) mass is 472 g/mol. The lowest BCUT2D eigenvalue weighted by Crippen LogP contribution is -2.28. The zero-order valence-corrected chi connectivity index (χ0v) is 20.6. The van der Waals surface area contributed by atoms with Crippen LogP contribution >= 0.6 is 11.6 Å². The minimum absolute atomic E-state index is 0.00335. The fourth-order valence-electron chi connectivity index (χ4n) is 4.72. The Kier molecular flexibility index (Phi) is 8.35. The third-order valence-corrected chi connectivity index (χ3v) is 6.84. The summed E-state index contributed by atoms with van der Waals surface area (Å²) in [6.45, 7) is 8.04. The van der Waals surface area contributed by atoms with Gasteiger partial charge in [0, 0.05) is 28.4 Å². The van der Waals surface area contributed by atoms with Crippen LogP contribution in [0.4, 0.5) is 0 Å². The molecule has 0 radical (unpaired) electrons. The summed E-state index contributed by atoms with van der Waals surface area (Å²) in [6.07, 6.45) is 4.39. The summed E-state index contributed by atoms with van der Waals surface area (Å²) in [4.78, 5) is 40.0. The number of carbonyl (C=O) groups excluding carboxylic acids is 2. The Bertz CT molecular complexity index is 1080. The van der Waals surface area contributed by atoms with Gasteiger partial charge < -0.3 is 15.0 Å². The molecule has 1 aliphatic carbocycles. The first-order chi connectivity index (χ1) is 15.7. The minimum atomic E-state index is -0.248. The maximum atomic E-state index is 13.0. The van der Waals surface area contributed by atoms with Gasteiger partial charge in [-0.15, -0.1) is 0 Å². The fourth-order valence-corrected chi connectivity index (χ4v) is 4.96. The molecule has 1 aromatic carbocycles. The van der Waals surface area contributed by atoms with Crippen molar-refractivity contribution in [1.29, 1.82) is 0 Å². The number of nitrogens with one attached hydrogen (secondary N) is 2. The second kappa shape index (κ2) is 11.0. The molecule has 1 fully saturated rings. The van der Waals surface area contributed by atoms with Crippen molar-refractivity contribution >= 4 is 23.5 Å². The number of aryl methyl sites for hydroxylation is 2. The van der Waals surface area contributed by atoms with E-state index in [1.807, 2.05) is 39.8 Å². The van der Waals surface area contributed by atoms with Gasteiger partial charge in [-0.2, -0.15) is 0 Å². The summed E-state index contributed by atoms with van der Waals surface area (Å²) in [6, 6.07) is 5.50. The van der Waals surface area contributed by atoms with Crippen molar-refractivity contribution in [2.24, 2.45) is 11.8 Å². The van der Waals surface area contributed by atoms with Gasteiger partial charge in [0.1, 0.15) is 0 Å². The van der Waals surface area contributed by atoms with E-state index in [9.17, 15) is 14.4 Å². The summed E-state index contributed by atoms with van der Waals surface area (Å²) in [5.74, 6) is 0.104. The zero-order valence-electron chi connectivity index (χ0n) is 19.8. The normalized spacial score (nSPS) is 18.1. The number of hydrogen-bond acceptors (Lipinski definition) is 4. The molecule has 0 aliphatic heterocycles. The zero-order chi connectivity index (χ0) is 24.1. The molecular formula is C26H33ClN2O4. The van der Waals surface area contributed by atoms with Crippen LogP contribution in [0.25, 0.3) is 0 Å². The highest BCUT2D eigenvalue weighted by molar-refractivity contribution is 6.31. The average molecular weight is 473 g/mol. The molecule has 1 saturated carbocycles. The highest BCUT2D eigenvalue weighted by atomic mass is 35.5. The molecular weight excluding hydrogens is 440 g/mol. The Morgan fingerprint density at radius 2 is 1.82 bits per heavy atom. The molecule has 2 N–H and O–H groups in total. The summed E-state index contributed by atoms with van der Waals surface area (Å²) in [5.41, 5.74) is 4.48. The van der Waals surface area contributed by atoms with Gasteiger partial charge in [0.15, 0.2) is 0 Å². The van der Waals surface area contributed by atoms with Crippen LogP contribution in [0.1, 0.15) is 70.9 Å². The second-order valence-electron chi connectivity index (χ2n) is 9.04. The van der Waals surface area contributed by atoms with E-state index in [1.54, 1.807) is 6.07 Å². The van der Waals surface area contributed by atoms with Crippen LogP contribution in [0, 0.1) is 32.6 Å². The molecule has 2 aromatic rings. The van der Waals surface area contributed by atoms with Gasteiger partial charge >= 0.3 is 5.97 Å². The first kappa shape index (κ1) is 25.0. The molecule has 7 heteroatoms. The predicted octanol–water partition coefficient (Wildman–Crippen LogP) is 4.80. The SMILES string of the molecule is CCOC(=O)[C@H]1CC[C@@H](Cc2cc(Cl)cc(C(=O)NCc3c(C)cc(C)[nH]c3=O)c2C)CC1. The first-order valence-electron chi connectivity index (χ1n) is 11.6. The first-order valence-corrected chi connectivity index (χ1v) is 12.0. The minimum Gasteiger partial charge on any atom is -0.466 e. The molecule has 0 bridgehead atoms. The predicted molar refractivity (Wildman–Crippen MR) is 130 cm³/mol. The highest BCUT2D eigenvalue weighted by Crippen LogP contribution is 2.33. The van der Waals surface area contributed by atoms with E-state index in [-0.39, 0.29) is 29.9 Å². The Balaban J connectivity index is 1.68. The largest absolute Gasteiger partial charge is 0.466 e. The number of carbonyl (C=O) groups is 2. The maximum absolute atomic E-state index is 13.0. The van der Waals surface area contributed by atoms with Crippen molar-refractivity contribution < 1.29 is 14.3 Å². The van der Waals surface area contributed by atoms with Gasteiger partial charge in [-0.3, -0.25) is 14.4 Å². The summed E-state index contributed by atoms with van der Waals surface area (Å²) in [7, 11) is 0. The van der Waals surface area contributed by atoms with Crippen LogP contribution < -0.4 is 10.9 Å². The van der Waals surface area contributed by atoms with Crippen LogP contribution in [-0.2, 0) is 22.5 Å². The van der Waals surface area contributed by atoms with Gasteiger partial charge in [0.2, 0.25) is 0 Å². The smallest absolute Gasteiger partial charge is 0.308 e. The van der Waals surface area contributed by atoms with E-state index in [2.05, 4.69) is 10.3 Å². The molecule has 1 heterocycles. The molecule has 1 amide bonds. The lowest BCUT2D eigenvalue weighted by molar-refractivity contribution is -0.149. The van der Waals surface area contributed by atoms with E-state index in [0.717, 1.165) is 54.5 Å². The third-order valence-electron chi connectivity index (χ3n) is 6.62. The Labute approximate surface area is 200 Å². The number of rotatable bonds is 7. The van der Waals surface area contributed by atoms with Crippen LogP contribution in [0.3, 0.4) is 0 Å². The second-order valence-corrected chi connectivity index (χ2v) is 9.47. The Morgan fingerprint density at radius 1 is 1.12 bits per heavy atom. The number of halogens is 1. The number of hydrogen-bond donors (Lipinski definition) is 2. The lowest BCUT2D eigenvalue weighted by atomic mass is 9.78. The number of benzene rings is 1. The van der Waals surface area contributed by atoms with Crippen molar-refractivity contribution in [3.63, 3.8) is 0 Å². The summed E-state index contributed by atoms with van der Waals surface area (Å²) >= 11 is 6.37. The van der Waals surface area contributed by atoms with Gasteiger partial charge in [0.25, 0.3) is 11.5 Å². The maximum Gasteiger partial charge on any atom is 0.308 e. The molecule has 0 saturated heterocycles. The topological polar surface area (TPSA) is 88.3 Å². The van der Waals surface area contributed by atoms with Crippen molar-refractivity contribution in [2.75, 3.05) is 6.61 Å².